The highest BCUT2D eigenvalue weighted by atomic mass is 16.5. The average Bonchev–Trinajstić information content (AvgIpc) is 2.23. The summed E-state index contributed by atoms with van der Waals surface area (Å²) in [6, 6.07) is 0.564. The highest BCUT2D eigenvalue weighted by Crippen LogP contribution is 2.00. The van der Waals surface area contributed by atoms with Crippen molar-refractivity contribution in [1.82, 2.24) is 4.90 Å². The lowest BCUT2D eigenvalue weighted by Crippen LogP contribution is -2.32. The average molecular weight is 218 g/mol. The molecule has 0 saturated carbocycles. The minimum Gasteiger partial charge on any atom is -0.382 e. The minimum atomic E-state index is 0.564. The number of rotatable bonds is 10. The molecule has 0 aliphatic heterocycles. The maximum atomic E-state index is 5.51. The van der Waals surface area contributed by atoms with E-state index >= 15 is 0 Å². The van der Waals surface area contributed by atoms with E-state index in [2.05, 4.69) is 18.9 Å². The normalized spacial score (nSPS) is 13.4. The first kappa shape index (κ1) is 14.8. The van der Waals surface area contributed by atoms with Gasteiger partial charge in [0.25, 0.3) is 0 Å². The van der Waals surface area contributed by atoms with Gasteiger partial charge in [0, 0.05) is 26.3 Å². The lowest BCUT2D eigenvalue weighted by Gasteiger charge is -2.24. The lowest BCUT2D eigenvalue weighted by atomic mass is 10.2. The summed E-state index contributed by atoms with van der Waals surface area (Å²) in [5.74, 6) is 0. The summed E-state index contributed by atoms with van der Waals surface area (Å²) in [5, 5.41) is 0. The van der Waals surface area contributed by atoms with Crippen molar-refractivity contribution >= 4 is 0 Å². The standard InChI is InChI=1S/C11H26N2O2/c1-11(5-6-12)13(2)7-4-8-15-10-9-14-3/h11H,4-10,12H2,1-3H3. The van der Waals surface area contributed by atoms with E-state index in [-0.39, 0.29) is 0 Å². The Balaban J connectivity index is 3.26. The van der Waals surface area contributed by atoms with Gasteiger partial charge in [0.2, 0.25) is 0 Å². The van der Waals surface area contributed by atoms with Crippen LogP contribution in [0.2, 0.25) is 0 Å². The van der Waals surface area contributed by atoms with Gasteiger partial charge in [-0.1, -0.05) is 0 Å². The molecular formula is C11H26N2O2. The first-order chi connectivity index (χ1) is 7.22. The Morgan fingerprint density at radius 3 is 2.60 bits per heavy atom. The van der Waals surface area contributed by atoms with Crippen molar-refractivity contribution < 1.29 is 9.47 Å². The fraction of sp³-hybridized carbons (Fsp3) is 1.00. The molecule has 2 N–H and O–H groups in total. The zero-order chi connectivity index (χ0) is 11.5. The van der Waals surface area contributed by atoms with E-state index in [0.29, 0.717) is 19.3 Å². The Morgan fingerprint density at radius 2 is 2.00 bits per heavy atom. The summed E-state index contributed by atoms with van der Waals surface area (Å²) in [4.78, 5) is 2.33. The predicted octanol–water partition coefficient (Wildman–Crippen LogP) is 0.709. The Bertz CT molecular complexity index is 134. The summed E-state index contributed by atoms with van der Waals surface area (Å²) in [5.41, 5.74) is 5.51. The van der Waals surface area contributed by atoms with Crippen LogP contribution in [0.15, 0.2) is 0 Å². The van der Waals surface area contributed by atoms with Gasteiger partial charge in [-0.05, 0) is 33.4 Å². The van der Waals surface area contributed by atoms with E-state index < -0.39 is 0 Å². The van der Waals surface area contributed by atoms with Crippen molar-refractivity contribution in [2.45, 2.75) is 25.8 Å². The fourth-order valence-electron chi connectivity index (χ4n) is 1.34. The topological polar surface area (TPSA) is 47.7 Å². The molecule has 0 fully saturated rings. The number of nitrogens with zero attached hydrogens (tertiary/aromatic N) is 1. The summed E-state index contributed by atoms with van der Waals surface area (Å²) >= 11 is 0. The molecule has 0 aromatic rings. The van der Waals surface area contributed by atoms with Crippen LogP contribution in [0.1, 0.15) is 19.8 Å². The molecule has 0 heterocycles. The van der Waals surface area contributed by atoms with Crippen LogP contribution in [0.25, 0.3) is 0 Å². The lowest BCUT2D eigenvalue weighted by molar-refractivity contribution is 0.0647. The highest BCUT2D eigenvalue weighted by Gasteiger charge is 2.06. The van der Waals surface area contributed by atoms with E-state index in [0.717, 1.165) is 32.5 Å². The zero-order valence-corrected chi connectivity index (χ0v) is 10.4. The van der Waals surface area contributed by atoms with Gasteiger partial charge in [-0.3, -0.25) is 0 Å². The van der Waals surface area contributed by atoms with Gasteiger partial charge in [0.15, 0.2) is 0 Å². The molecule has 1 atom stereocenters. The summed E-state index contributed by atoms with van der Waals surface area (Å²) < 4.78 is 10.3. The molecule has 0 spiro atoms. The van der Waals surface area contributed by atoms with Gasteiger partial charge in [-0.25, -0.2) is 0 Å². The molecule has 0 radical (unpaired) electrons. The van der Waals surface area contributed by atoms with Crippen LogP contribution in [0.5, 0.6) is 0 Å². The largest absolute Gasteiger partial charge is 0.382 e. The van der Waals surface area contributed by atoms with Gasteiger partial charge in [-0.2, -0.15) is 0 Å². The van der Waals surface area contributed by atoms with Crippen molar-refractivity contribution in [3.05, 3.63) is 0 Å². The van der Waals surface area contributed by atoms with Crippen molar-refractivity contribution in [1.29, 1.82) is 0 Å². The van der Waals surface area contributed by atoms with E-state index in [9.17, 15) is 0 Å². The second-order valence-electron chi connectivity index (χ2n) is 3.87. The smallest absolute Gasteiger partial charge is 0.0700 e. The van der Waals surface area contributed by atoms with Gasteiger partial charge < -0.3 is 20.1 Å². The maximum absolute atomic E-state index is 5.51. The van der Waals surface area contributed by atoms with Gasteiger partial charge in [-0.15, -0.1) is 0 Å². The fourth-order valence-corrected chi connectivity index (χ4v) is 1.34. The number of methoxy groups -OCH3 is 1. The zero-order valence-electron chi connectivity index (χ0n) is 10.4. The monoisotopic (exact) mass is 218 g/mol. The van der Waals surface area contributed by atoms with Crippen molar-refractivity contribution in [3.8, 4) is 0 Å². The van der Waals surface area contributed by atoms with Gasteiger partial charge >= 0.3 is 0 Å². The van der Waals surface area contributed by atoms with Gasteiger partial charge in [0.1, 0.15) is 0 Å². The third kappa shape index (κ3) is 8.81. The van der Waals surface area contributed by atoms with Crippen LogP contribution in [-0.4, -0.2) is 58.0 Å². The number of hydrogen-bond donors (Lipinski definition) is 1. The molecule has 1 unspecified atom stereocenters. The van der Waals surface area contributed by atoms with Crippen LogP contribution in [0, 0.1) is 0 Å². The van der Waals surface area contributed by atoms with Gasteiger partial charge in [0.05, 0.1) is 13.2 Å². The number of hydrogen-bond acceptors (Lipinski definition) is 4. The molecule has 0 amide bonds. The minimum absolute atomic E-state index is 0.564. The second kappa shape index (κ2) is 10.4. The molecule has 0 aliphatic carbocycles. The van der Waals surface area contributed by atoms with E-state index in [4.69, 9.17) is 15.2 Å². The van der Waals surface area contributed by atoms with Crippen molar-refractivity contribution in [3.63, 3.8) is 0 Å². The van der Waals surface area contributed by atoms with Crippen molar-refractivity contribution in [2.75, 3.05) is 47.1 Å². The SMILES string of the molecule is COCCOCCCN(C)C(C)CCN. The molecule has 0 rings (SSSR count). The van der Waals surface area contributed by atoms with Crippen LogP contribution >= 0.6 is 0 Å². The number of nitrogens with two attached hydrogens (primary N) is 1. The molecule has 0 saturated heterocycles. The molecule has 0 aliphatic rings. The Hall–Kier alpha value is -0.160. The summed E-state index contributed by atoms with van der Waals surface area (Å²) in [7, 11) is 3.82. The first-order valence-electron chi connectivity index (χ1n) is 5.69. The van der Waals surface area contributed by atoms with Crippen LogP contribution < -0.4 is 5.73 Å². The van der Waals surface area contributed by atoms with E-state index in [1.54, 1.807) is 7.11 Å². The second-order valence-corrected chi connectivity index (χ2v) is 3.87. The predicted molar refractivity (Wildman–Crippen MR) is 63.1 cm³/mol. The molecule has 4 heteroatoms. The molecule has 15 heavy (non-hydrogen) atoms. The third-order valence-corrected chi connectivity index (χ3v) is 2.57. The van der Waals surface area contributed by atoms with Crippen molar-refractivity contribution in [2.24, 2.45) is 5.73 Å². The molecule has 0 aromatic carbocycles. The molecule has 0 aromatic heterocycles. The van der Waals surface area contributed by atoms with E-state index in [1.807, 2.05) is 0 Å². The summed E-state index contributed by atoms with van der Waals surface area (Å²) in [6.45, 7) is 6.21. The molecule has 92 valence electrons. The molecule has 0 bridgehead atoms. The summed E-state index contributed by atoms with van der Waals surface area (Å²) in [6.07, 6.45) is 2.12. The van der Waals surface area contributed by atoms with Crippen LogP contribution in [0.4, 0.5) is 0 Å². The number of ether oxygens (including phenoxy) is 2. The maximum Gasteiger partial charge on any atom is 0.0700 e. The Labute approximate surface area is 93.7 Å². The first-order valence-corrected chi connectivity index (χ1v) is 5.69. The Kier molecular flexibility index (Phi) is 10.3. The highest BCUT2D eigenvalue weighted by molar-refractivity contribution is 4.63. The molecule has 4 nitrogen and oxygen atoms in total. The third-order valence-electron chi connectivity index (χ3n) is 2.57. The van der Waals surface area contributed by atoms with E-state index in [1.165, 1.54) is 0 Å². The van der Waals surface area contributed by atoms with Crippen LogP contribution in [0.3, 0.4) is 0 Å². The Morgan fingerprint density at radius 1 is 1.27 bits per heavy atom. The molecular weight excluding hydrogens is 192 g/mol. The quantitative estimate of drug-likeness (QED) is 0.549. The van der Waals surface area contributed by atoms with Crippen LogP contribution in [-0.2, 0) is 9.47 Å².